The minimum Gasteiger partial charge on any atom is -0.375 e. The first kappa shape index (κ1) is 15.1. The number of carbonyl (C=O) groups excluding carboxylic acids is 2. The van der Waals surface area contributed by atoms with Gasteiger partial charge in [-0.2, -0.15) is 0 Å². The number of rotatable bonds is 5. The molecule has 0 aromatic carbocycles. The van der Waals surface area contributed by atoms with Crippen LogP contribution in [0.5, 0.6) is 0 Å². The third kappa shape index (κ3) is 3.80. The molecule has 102 valence electrons. The highest BCUT2D eigenvalue weighted by molar-refractivity contribution is 6.29. The van der Waals surface area contributed by atoms with E-state index in [-0.39, 0.29) is 12.3 Å². The topological polar surface area (TPSA) is 78.4 Å². The minimum atomic E-state index is -0.952. The van der Waals surface area contributed by atoms with Crippen LogP contribution in [-0.2, 0) is 9.59 Å². The Hall–Kier alpha value is -0.910. The van der Waals surface area contributed by atoms with Gasteiger partial charge in [0.2, 0.25) is 11.8 Å². The third-order valence-electron chi connectivity index (χ3n) is 2.97. The van der Waals surface area contributed by atoms with Gasteiger partial charge in [-0.25, -0.2) is 0 Å². The smallest absolute Gasteiger partial charge is 0.243 e. The number of nitrogens with one attached hydrogen (secondary N) is 2. The number of hydrogen-bond donors (Lipinski definition) is 3. The summed E-state index contributed by atoms with van der Waals surface area (Å²) in [6.07, 6.45) is 0.962. The molecular formula is C12H19ClN2O3. The first-order chi connectivity index (χ1) is 8.49. The number of allylic oxidation sites excluding steroid dienone is 1. The number of aliphatic hydroxyl groups excluding tert-OH is 1. The molecule has 3 N–H and O–H groups in total. The molecule has 6 heteroatoms. The fraction of sp³-hybridized carbons (Fsp3) is 0.667. The summed E-state index contributed by atoms with van der Waals surface area (Å²) in [4.78, 5) is 22.5. The summed E-state index contributed by atoms with van der Waals surface area (Å²) in [5.41, 5.74) is 0.684. The van der Waals surface area contributed by atoms with Crippen LogP contribution in [0.15, 0.2) is 10.6 Å². The number of amides is 2. The van der Waals surface area contributed by atoms with Gasteiger partial charge in [-0.05, 0) is 24.8 Å². The molecule has 0 aromatic heterocycles. The Labute approximate surface area is 112 Å². The van der Waals surface area contributed by atoms with Crippen LogP contribution in [0, 0.1) is 0 Å². The highest BCUT2D eigenvalue weighted by atomic mass is 35.5. The van der Waals surface area contributed by atoms with Gasteiger partial charge >= 0.3 is 0 Å². The SMILES string of the molecule is CC/C(Cl)=C(\CC)C(O)NC1CCC(=O)NC1=O. The minimum absolute atomic E-state index is 0.273. The van der Waals surface area contributed by atoms with E-state index >= 15 is 0 Å². The molecule has 2 amide bonds. The van der Waals surface area contributed by atoms with Gasteiger partial charge in [-0.1, -0.05) is 25.4 Å². The summed E-state index contributed by atoms with van der Waals surface area (Å²) in [6.45, 7) is 3.79. The number of hydrogen-bond acceptors (Lipinski definition) is 4. The number of aliphatic hydroxyl groups is 1. The van der Waals surface area contributed by atoms with Crippen LogP contribution in [0.4, 0.5) is 0 Å². The van der Waals surface area contributed by atoms with Crippen LogP contribution >= 0.6 is 11.6 Å². The van der Waals surface area contributed by atoms with Crippen molar-refractivity contribution >= 4 is 23.4 Å². The van der Waals surface area contributed by atoms with Crippen molar-refractivity contribution in [2.45, 2.75) is 51.8 Å². The van der Waals surface area contributed by atoms with Gasteiger partial charge in [0.25, 0.3) is 0 Å². The van der Waals surface area contributed by atoms with E-state index in [2.05, 4.69) is 10.6 Å². The predicted octanol–water partition coefficient (Wildman–Crippen LogP) is 1.01. The Morgan fingerprint density at radius 1 is 1.50 bits per heavy atom. The van der Waals surface area contributed by atoms with Gasteiger partial charge in [-0.15, -0.1) is 0 Å². The van der Waals surface area contributed by atoms with Crippen LogP contribution in [-0.4, -0.2) is 29.2 Å². The van der Waals surface area contributed by atoms with Gasteiger partial charge < -0.3 is 5.11 Å². The highest BCUT2D eigenvalue weighted by Gasteiger charge is 2.28. The maximum atomic E-state index is 11.5. The van der Waals surface area contributed by atoms with Crippen LogP contribution in [0.2, 0.25) is 0 Å². The Bertz CT molecular complexity index is 368. The maximum absolute atomic E-state index is 11.5. The summed E-state index contributed by atoms with van der Waals surface area (Å²) in [5, 5.41) is 15.7. The molecule has 1 rings (SSSR count). The van der Waals surface area contributed by atoms with E-state index < -0.39 is 18.2 Å². The molecule has 1 saturated heterocycles. The summed E-state index contributed by atoms with van der Waals surface area (Å²) < 4.78 is 0. The van der Waals surface area contributed by atoms with Crippen molar-refractivity contribution in [2.75, 3.05) is 0 Å². The maximum Gasteiger partial charge on any atom is 0.243 e. The molecule has 0 aromatic rings. The van der Waals surface area contributed by atoms with E-state index in [4.69, 9.17) is 11.6 Å². The molecule has 1 fully saturated rings. The van der Waals surface area contributed by atoms with Gasteiger partial charge in [0, 0.05) is 11.5 Å². The van der Waals surface area contributed by atoms with Crippen LogP contribution in [0.1, 0.15) is 39.5 Å². The van der Waals surface area contributed by atoms with Crippen LogP contribution in [0.25, 0.3) is 0 Å². The second-order valence-electron chi connectivity index (χ2n) is 4.21. The zero-order valence-electron chi connectivity index (χ0n) is 10.6. The molecule has 0 saturated carbocycles. The van der Waals surface area contributed by atoms with E-state index in [1.54, 1.807) is 0 Å². The Kier molecular flexibility index (Phi) is 5.78. The summed E-state index contributed by atoms with van der Waals surface area (Å²) in [7, 11) is 0. The largest absolute Gasteiger partial charge is 0.375 e. The molecule has 0 radical (unpaired) electrons. The Morgan fingerprint density at radius 2 is 2.17 bits per heavy atom. The summed E-state index contributed by atoms with van der Waals surface area (Å²) in [5.74, 6) is -0.668. The first-order valence-electron chi connectivity index (χ1n) is 6.14. The number of carbonyl (C=O) groups is 2. The predicted molar refractivity (Wildman–Crippen MR) is 68.8 cm³/mol. The normalized spacial score (nSPS) is 23.4. The Morgan fingerprint density at radius 3 is 2.67 bits per heavy atom. The second-order valence-corrected chi connectivity index (χ2v) is 4.67. The van der Waals surface area contributed by atoms with Crippen molar-refractivity contribution in [1.82, 2.24) is 10.6 Å². The molecule has 2 atom stereocenters. The van der Waals surface area contributed by atoms with Crippen molar-refractivity contribution in [1.29, 1.82) is 0 Å². The lowest BCUT2D eigenvalue weighted by Gasteiger charge is -2.26. The number of halogens is 1. The molecule has 1 heterocycles. The average Bonchev–Trinajstić information content (AvgIpc) is 2.33. The lowest BCUT2D eigenvalue weighted by molar-refractivity contribution is -0.135. The standard InChI is InChI=1S/C12H19ClN2O3/c1-3-7(8(13)4-2)11(17)14-9-5-6-10(16)15-12(9)18/h9,11,14,17H,3-6H2,1-2H3,(H,15,16,18)/b8-7-. The van der Waals surface area contributed by atoms with Gasteiger partial charge in [0.15, 0.2) is 0 Å². The van der Waals surface area contributed by atoms with Crippen molar-refractivity contribution in [2.24, 2.45) is 0 Å². The van der Waals surface area contributed by atoms with Crippen LogP contribution < -0.4 is 10.6 Å². The van der Waals surface area contributed by atoms with Crippen molar-refractivity contribution in [3.63, 3.8) is 0 Å². The highest BCUT2D eigenvalue weighted by Crippen LogP contribution is 2.19. The van der Waals surface area contributed by atoms with Crippen molar-refractivity contribution < 1.29 is 14.7 Å². The van der Waals surface area contributed by atoms with Crippen molar-refractivity contribution in [3.8, 4) is 0 Å². The molecular weight excluding hydrogens is 256 g/mol. The quantitative estimate of drug-likeness (QED) is 0.516. The monoisotopic (exact) mass is 274 g/mol. The van der Waals surface area contributed by atoms with Crippen molar-refractivity contribution in [3.05, 3.63) is 10.6 Å². The van der Waals surface area contributed by atoms with Gasteiger partial charge in [-0.3, -0.25) is 20.2 Å². The lowest BCUT2D eigenvalue weighted by atomic mass is 10.0. The summed E-state index contributed by atoms with van der Waals surface area (Å²) >= 11 is 6.03. The summed E-state index contributed by atoms with van der Waals surface area (Å²) in [6, 6.07) is -0.555. The first-order valence-corrected chi connectivity index (χ1v) is 6.52. The fourth-order valence-electron chi connectivity index (χ4n) is 1.90. The number of piperidine rings is 1. The van der Waals surface area contributed by atoms with E-state index in [0.717, 1.165) is 0 Å². The van der Waals surface area contributed by atoms with Gasteiger partial charge in [0.1, 0.15) is 6.23 Å². The lowest BCUT2D eigenvalue weighted by Crippen LogP contribution is -2.53. The molecule has 0 aliphatic carbocycles. The number of imide groups is 1. The molecule has 1 aliphatic rings. The molecule has 18 heavy (non-hydrogen) atoms. The van der Waals surface area contributed by atoms with E-state index in [0.29, 0.717) is 29.9 Å². The zero-order valence-corrected chi connectivity index (χ0v) is 11.4. The van der Waals surface area contributed by atoms with E-state index in [1.165, 1.54) is 0 Å². The molecule has 5 nitrogen and oxygen atoms in total. The van der Waals surface area contributed by atoms with E-state index in [1.807, 2.05) is 13.8 Å². The van der Waals surface area contributed by atoms with Gasteiger partial charge in [0.05, 0.1) is 6.04 Å². The molecule has 2 unspecified atom stereocenters. The molecule has 0 spiro atoms. The fourth-order valence-corrected chi connectivity index (χ4v) is 2.14. The zero-order chi connectivity index (χ0) is 13.7. The average molecular weight is 275 g/mol. The van der Waals surface area contributed by atoms with E-state index in [9.17, 15) is 14.7 Å². The molecule has 0 bridgehead atoms. The van der Waals surface area contributed by atoms with Crippen LogP contribution in [0.3, 0.4) is 0 Å². The second kappa shape index (κ2) is 6.87. The Balaban J connectivity index is 2.66. The third-order valence-corrected chi connectivity index (χ3v) is 3.48. The molecule has 1 aliphatic heterocycles.